The minimum atomic E-state index is 0. The van der Waals surface area contributed by atoms with E-state index in [9.17, 15) is 0 Å². The molecule has 0 radical (unpaired) electrons. The molecule has 0 fully saturated rings. The minimum Gasteiger partial charge on any atom is -0.147 e. The molecule has 0 nitrogen and oxygen atoms in total. The van der Waals surface area contributed by atoms with Crippen LogP contribution in [0.1, 0.15) is 11.1 Å². The Hall–Kier alpha value is -1.84. The van der Waals surface area contributed by atoms with Gasteiger partial charge in [0.15, 0.2) is 0 Å². The van der Waals surface area contributed by atoms with Gasteiger partial charge in [0.1, 0.15) is 0 Å². The molecule has 5 aromatic rings. The fraction of sp³-hybridized carbons (Fsp3) is 0.0588. The zero-order valence-electron chi connectivity index (χ0n) is 23.4. The van der Waals surface area contributed by atoms with Crippen molar-refractivity contribution >= 4 is 96.0 Å². The molecule has 0 bridgehead atoms. The summed E-state index contributed by atoms with van der Waals surface area (Å²) in [5.41, 5.74) is 2.74. The first-order valence-electron chi connectivity index (χ1n) is 11.8. The maximum Gasteiger partial charge on any atom is 0.0992 e. The third kappa shape index (κ3) is 36.2. The minimum absolute atomic E-state index is 0. The zero-order chi connectivity index (χ0) is 28.3. The number of hydrogen-bond acceptors (Lipinski definition) is 0. The first-order chi connectivity index (χ1) is 18.3. The van der Waals surface area contributed by atoms with Gasteiger partial charge in [-0.3, -0.25) is 0 Å². The van der Waals surface area contributed by atoms with Crippen molar-refractivity contribution in [3.63, 3.8) is 0 Å². The highest BCUT2D eigenvalue weighted by Crippen LogP contribution is 2.19. The Balaban J connectivity index is -0.000000129. The van der Waals surface area contributed by atoms with Gasteiger partial charge in [0.25, 0.3) is 0 Å². The summed E-state index contributed by atoms with van der Waals surface area (Å²) in [4.78, 5) is 0. The van der Waals surface area contributed by atoms with E-state index in [4.69, 9.17) is 46.4 Å². The Bertz CT molecular complexity index is 945. The van der Waals surface area contributed by atoms with Crippen molar-refractivity contribution in [1.82, 2.24) is 0 Å². The highest BCUT2D eigenvalue weighted by atomic mass is 35.5. The molecule has 0 aliphatic heterocycles. The van der Waals surface area contributed by atoms with Gasteiger partial charge in [0.2, 0.25) is 0 Å². The van der Waals surface area contributed by atoms with Gasteiger partial charge in [-0.1, -0.05) is 199 Å². The molecule has 0 amide bonds. The summed E-state index contributed by atoms with van der Waals surface area (Å²) in [6, 6.07) is 51.5. The average molecular weight is 730 g/mol. The second-order valence-corrected chi connectivity index (χ2v) is 9.22. The third-order valence-corrected chi connectivity index (χ3v) is 5.01. The SMILES string of the molecule is C=C(Cl)Cl.Cc1ccccc1C.Cl.Cl.Cl.Cl.Clc1ccccc1Cl.c1ccccc1.c1ccccc1.c1ccccc1. The standard InChI is InChI=1S/C8H10.C6H4Cl2.3C6H6.C2H2Cl2.4ClH/c1-7-5-3-4-6-8(7)2;7-5-3-1-2-4-6(5)8;3*1-2-4-6-5-3-1;1-2(3)4;;;;/h3-6H,1-2H3;1-4H;3*1-6H;1H2;4*1H. The van der Waals surface area contributed by atoms with Crippen molar-refractivity contribution in [3.05, 3.63) is 190 Å². The van der Waals surface area contributed by atoms with Crippen molar-refractivity contribution in [2.75, 3.05) is 0 Å². The monoisotopic (exact) mass is 726 g/mol. The Morgan fingerprint density at radius 1 is 0.381 bits per heavy atom. The fourth-order valence-electron chi connectivity index (χ4n) is 2.26. The van der Waals surface area contributed by atoms with Gasteiger partial charge in [-0.15, -0.1) is 49.6 Å². The molecule has 5 aromatic carbocycles. The average Bonchev–Trinajstić information content (AvgIpc) is 2.96. The van der Waals surface area contributed by atoms with E-state index in [2.05, 4.69) is 44.7 Å². The third-order valence-electron chi connectivity index (χ3n) is 4.25. The maximum absolute atomic E-state index is 5.58. The van der Waals surface area contributed by atoms with E-state index in [1.54, 1.807) is 12.1 Å². The molecule has 0 spiro atoms. The lowest BCUT2D eigenvalue weighted by atomic mass is 10.1. The summed E-state index contributed by atoms with van der Waals surface area (Å²) >= 11 is 20.8. The summed E-state index contributed by atoms with van der Waals surface area (Å²) in [6.45, 7) is 7.33. The van der Waals surface area contributed by atoms with Crippen molar-refractivity contribution < 1.29 is 0 Å². The van der Waals surface area contributed by atoms with E-state index in [1.165, 1.54) is 11.1 Å². The van der Waals surface area contributed by atoms with Crippen LogP contribution in [0, 0.1) is 13.8 Å². The summed E-state index contributed by atoms with van der Waals surface area (Å²) in [5, 5.41) is 1.21. The van der Waals surface area contributed by atoms with Crippen LogP contribution < -0.4 is 0 Å². The van der Waals surface area contributed by atoms with Crippen LogP contribution in [0.15, 0.2) is 169 Å². The molecule has 42 heavy (non-hydrogen) atoms. The molecule has 0 heterocycles. The number of halogens is 8. The highest BCUT2D eigenvalue weighted by molar-refractivity contribution is 6.55. The fourth-order valence-corrected chi connectivity index (χ4v) is 2.53. The first-order valence-corrected chi connectivity index (χ1v) is 13.3. The molecule has 8 heteroatoms. The summed E-state index contributed by atoms with van der Waals surface area (Å²) < 4.78 is 0.111. The molecule has 0 saturated heterocycles. The number of aryl methyl sites for hydroxylation is 2. The van der Waals surface area contributed by atoms with Crippen LogP contribution in [-0.4, -0.2) is 0 Å². The van der Waals surface area contributed by atoms with E-state index in [0.29, 0.717) is 10.0 Å². The second-order valence-electron chi connectivity index (χ2n) is 7.30. The topological polar surface area (TPSA) is 0 Å². The molecule has 0 aliphatic rings. The lowest BCUT2D eigenvalue weighted by molar-refractivity contribution is 1.34. The smallest absolute Gasteiger partial charge is 0.0992 e. The van der Waals surface area contributed by atoms with Crippen LogP contribution in [-0.2, 0) is 0 Å². The maximum atomic E-state index is 5.58. The van der Waals surface area contributed by atoms with E-state index < -0.39 is 0 Å². The predicted molar refractivity (Wildman–Crippen MR) is 202 cm³/mol. The van der Waals surface area contributed by atoms with Crippen LogP contribution in [0.5, 0.6) is 0 Å². The van der Waals surface area contributed by atoms with E-state index in [0.717, 1.165) is 0 Å². The summed E-state index contributed by atoms with van der Waals surface area (Å²) in [6.07, 6.45) is 0. The van der Waals surface area contributed by atoms with Crippen molar-refractivity contribution in [1.29, 1.82) is 0 Å². The molecule has 5 rings (SSSR count). The number of rotatable bonds is 0. The Kier molecular flexibility index (Phi) is 44.1. The molecule has 0 aromatic heterocycles. The van der Waals surface area contributed by atoms with Crippen LogP contribution in [0.25, 0.3) is 0 Å². The van der Waals surface area contributed by atoms with E-state index >= 15 is 0 Å². The van der Waals surface area contributed by atoms with Gasteiger partial charge >= 0.3 is 0 Å². The predicted octanol–water partition coefficient (Wildman–Crippen LogP) is 14.0. The Morgan fingerprint density at radius 3 is 0.643 bits per heavy atom. The Morgan fingerprint density at radius 2 is 0.524 bits per heavy atom. The lowest BCUT2D eigenvalue weighted by Gasteiger charge is -1.93. The normalized spacial score (nSPS) is 7.57. The quantitative estimate of drug-likeness (QED) is 0.149. The van der Waals surface area contributed by atoms with Gasteiger partial charge < -0.3 is 0 Å². The van der Waals surface area contributed by atoms with E-state index in [-0.39, 0.29) is 54.1 Å². The molecular formula is C34H38Cl8. The van der Waals surface area contributed by atoms with Gasteiger partial charge in [0, 0.05) is 0 Å². The molecule has 0 aliphatic carbocycles. The van der Waals surface area contributed by atoms with E-state index in [1.807, 2.05) is 121 Å². The number of benzene rings is 5. The van der Waals surface area contributed by atoms with Crippen LogP contribution in [0.4, 0.5) is 0 Å². The van der Waals surface area contributed by atoms with Crippen molar-refractivity contribution in [2.45, 2.75) is 13.8 Å². The van der Waals surface area contributed by atoms with Crippen LogP contribution in [0.2, 0.25) is 10.0 Å². The molecule has 230 valence electrons. The largest absolute Gasteiger partial charge is 0.147 e. The molecular weight excluding hydrogens is 692 g/mol. The Labute approximate surface area is 297 Å². The van der Waals surface area contributed by atoms with Crippen LogP contribution in [0.3, 0.4) is 0 Å². The zero-order valence-corrected chi connectivity index (χ0v) is 29.7. The summed E-state index contributed by atoms with van der Waals surface area (Å²) in [7, 11) is 0. The molecule has 0 saturated carbocycles. The van der Waals surface area contributed by atoms with Gasteiger partial charge in [0.05, 0.1) is 14.5 Å². The first kappa shape index (κ1) is 49.8. The molecule has 0 N–H and O–H groups in total. The van der Waals surface area contributed by atoms with Gasteiger partial charge in [-0.25, -0.2) is 0 Å². The van der Waals surface area contributed by atoms with Crippen molar-refractivity contribution in [3.8, 4) is 0 Å². The van der Waals surface area contributed by atoms with Crippen LogP contribution >= 0.6 is 96.0 Å². The lowest BCUT2D eigenvalue weighted by Crippen LogP contribution is -1.74. The highest BCUT2D eigenvalue weighted by Gasteiger charge is 1.89. The van der Waals surface area contributed by atoms with Crippen molar-refractivity contribution in [2.24, 2.45) is 0 Å². The molecule has 0 unspecified atom stereocenters. The summed E-state index contributed by atoms with van der Waals surface area (Å²) in [5.74, 6) is 0. The molecule has 0 atom stereocenters. The second kappa shape index (κ2) is 37.2. The van der Waals surface area contributed by atoms with Gasteiger partial charge in [-0.05, 0) is 37.1 Å². The number of hydrogen-bond donors (Lipinski definition) is 0. The van der Waals surface area contributed by atoms with Gasteiger partial charge in [-0.2, -0.15) is 0 Å².